The van der Waals surface area contributed by atoms with E-state index in [1.165, 1.54) is 32.5 Å². The normalized spacial score (nSPS) is 13.5. The van der Waals surface area contributed by atoms with Gasteiger partial charge in [0.25, 0.3) is 16.0 Å². The Hall–Kier alpha value is -5.57. The number of hydrogen-bond acceptors (Lipinski definition) is 10. The average Bonchev–Trinajstić information content (AvgIpc) is 3.12. The van der Waals surface area contributed by atoms with E-state index >= 15 is 0 Å². The minimum Gasteiger partial charge on any atom is -0.493 e. The number of rotatable bonds is 11. The van der Waals surface area contributed by atoms with Crippen LogP contribution in [0, 0.1) is 12.8 Å². The van der Waals surface area contributed by atoms with Crippen LogP contribution in [-0.4, -0.2) is 60.8 Å². The highest BCUT2D eigenvalue weighted by atomic mass is 32.2. The first kappa shape index (κ1) is 36.2. The summed E-state index contributed by atoms with van der Waals surface area (Å²) in [5.41, 5.74) is 9.65. The first-order valence-electron chi connectivity index (χ1n) is 16.6. The third-order valence-corrected chi connectivity index (χ3v) is 9.59. The number of nitrogens with two attached hydrogens (primary N) is 1. The first-order chi connectivity index (χ1) is 24.9. The van der Waals surface area contributed by atoms with Crippen LogP contribution in [0.4, 0.5) is 11.6 Å². The Labute approximate surface area is 301 Å². The van der Waals surface area contributed by atoms with Crippen molar-refractivity contribution < 1.29 is 32.0 Å². The minimum absolute atomic E-state index is 0.0360. The predicted molar refractivity (Wildman–Crippen MR) is 198 cm³/mol. The quantitative estimate of drug-likeness (QED) is 0.144. The molecule has 0 radical (unpaired) electrons. The van der Waals surface area contributed by atoms with E-state index in [9.17, 15) is 22.6 Å². The Balaban J connectivity index is 1.37. The molecule has 0 bridgehead atoms. The molecule has 2 aromatic carbocycles. The van der Waals surface area contributed by atoms with Gasteiger partial charge in [0, 0.05) is 60.6 Å². The molecular weight excluding hydrogens is 687 g/mol. The molecule has 1 fully saturated rings. The third kappa shape index (κ3) is 8.31. The van der Waals surface area contributed by atoms with Gasteiger partial charge in [-0.15, -0.1) is 0 Å². The van der Waals surface area contributed by atoms with E-state index in [1.54, 1.807) is 36.7 Å². The van der Waals surface area contributed by atoms with Gasteiger partial charge in [0.2, 0.25) is 5.43 Å². The largest absolute Gasteiger partial charge is 0.493 e. The average molecular weight is 726 g/mol. The van der Waals surface area contributed by atoms with Crippen molar-refractivity contribution in [1.82, 2.24) is 14.5 Å². The summed E-state index contributed by atoms with van der Waals surface area (Å²) >= 11 is 0. The highest BCUT2D eigenvalue weighted by molar-refractivity contribution is 7.85. The van der Waals surface area contributed by atoms with Crippen molar-refractivity contribution >= 4 is 27.7 Å². The van der Waals surface area contributed by atoms with Gasteiger partial charge in [-0.1, -0.05) is 35.9 Å². The lowest BCUT2D eigenvalue weighted by atomic mass is 9.99. The second-order valence-electron chi connectivity index (χ2n) is 12.6. The highest BCUT2D eigenvalue weighted by Crippen LogP contribution is 2.36. The first-order valence-corrected chi connectivity index (χ1v) is 18.2. The van der Waals surface area contributed by atoms with Crippen molar-refractivity contribution in [3.8, 4) is 44.9 Å². The monoisotopic (exact) mass is 725 g/mol. The summed E-state index contributed by atoms with van der Waals surface area (Å²) in [6.45, 7) is 3.84. The number of amides is 1. The van der Waals surface area contributed by atoms with Crippen LogP contribution in [-0.2, 0) is 27.2 Å². The Morgan fingerprint density at radius 3 is 2.35 bits per heavy atom. The van der Waals surface area contributed by atoms with Crippen LogP contribution in [0.2, 0.25) is 0 Å². The van der Waals surface area contributed by atoms with Crippen LogP contribution >= 0.6 is 0 Å². The number of ether oxygens (including phenoxy) is 3. The zero-order valence-electron chi connectivity index (χ0n) is 29.0. The second-order valence-corrected chi connectivity index (χ2v) is 14.1. The van der Waals surface area contributed by atoms with E-state index in [0.717, 1.165) is 24.0 Å². The summed E-state index contributed by atoms with van der Waals surface area (Å²) in [5.74, 6) is -0.230. The molecule has 5 aromatic rings. The second kappa shape index (κ2) is 15.4. The van der Waals surface area contributed by atoms with Gasteiger partial charge in [-0.25, -0.2) is 9.97 Å². The number of carbonyl (C=O) groups is 1. The molecule has 0 saturated carbocycles. The summed E-state index contributed by atoms with van der Waals surface area (Å²) < 4.78 is 52.4. The molecular formula is C38H39N5O8S. The van der Waals surface area contributed by atoms with Gasteiger partial charge in [0.1, 0.15) is 23.0 Å². The minimum atomic E-state index is -4.59. The molecule has 52 heavy (non-hydrogen) atoms. The van der Waals surface area contributed by atoms with Crippen molar-refractivity contribution in [3.05, 3.63) is 106 Å². The summed E-state index contributed by atoms with van der Waals surface area (Å²) in [5, 5.41) is 2.67. The number of benzene rings is 2. The maximum atomic E-state index is 13.8. The zero-order valence-corrected chi connectivity index (χ0v) is 29.8. The Kier molecular flexibility index (Phi) is 10.7. The number of hydrogen-bond donors (Lipinski definition) is 3. The van der Waals surface area contributed by atoms with Gasteiger partial charge in [-0.05, 0) is 67.1 Å². The molecule has 1 saturated heterocycles. The van der Waals surface area contributed by atoms with Gasteiger partial charge in [0.15, 0.2) is 11.5 Å². The molecule has 14 heteroatoms. The summed E-state index contributed by atoms with van der Waals surface area (Å²) in [6, 6.07) is 17.5. The molecule has 1 aliphatic rings. The van der Waals surface area contributed by atoms with E-state index in [2.05, 4.69) is 15.3 Å². The Morgan fingerprint density at radius 2 is 1.65 bits per heavy atom. The van der Waals surface area contributed by atoms with Crippen LogP contribution in [0.15, 0.2) is 84.0 Å². The number of pyridine rings is 3. The van der Waals surface area contributed by atoms with E-state index < -0.39 is 27.2 Å². The van der Waals surface area contributed by atoms with Crippen LogP contribution in [0.3, 0.4) is 0 Å². The van der Waals surface area contributed by atoms with Gasteiger partial charge in [-0.3, -0.25) is 14.1 Å². The zero-order chi connectivity index (χ0) is 37.0. The fourth-order valence-electron chi connectivity index (χ4n) is 6.21. The smallest absolute Gasteiger partial charge is 0.270 e. The molecule has 0 aliphatic carbocycles. The van der Waals surface area contributed by atoms with Crippen LogP contribution in [0.25, 0.3) is 33.4 Å². The maximum Gasteiger partial charge on any atom is 0.270 e. The van der Waals surface area contributed by atoms with Crippen LogP contribution in [0.5, 0.6) is 11.5 Å². The standard InChI is InChI=1S/C38H39N5O8S/c1-23-4-6-25(7-5-23)30-20-43(19-24-12-14-51-15-13-24)21-31(36(30)44)38(45)42-35-11-9-28(32(41-35)22-52(46,47)48)29-16-27(18-40-37(29)39)26-8-10-33(49-2)34(17-26)50-3/h4-11,16-18,20-21,24H,12-15,19,22H2,1-3H3,(H2,39,40)(H,41,42,45)(H,46,47,48). The number of nitrogens with zero attached hydrogens (tertiary/aromatic N) is 3. The van der Waals surface area contributed by atoms with Crippen LogP contribution < -0.4 is 26.0 Å². The number of methoxy groups -OCH3 is 2. The lowest BCUT2D eigenvalue weighted by Gasteiger charge is -2.23. The molecule has 1 amide bonds. The number of carbonyl (C=O) groups excluding carboxylic acids is 1. The summed E-state index contributed by atoms with van der Waals surface area (Å²) in [7, 11) is -1.54. The fraction of sp³-hybridized carbons (Fsp3) is 0.263. The summed E-state index contributed by atoms with van der Waals surface area (Å²) in [6.07, 6.45) is 6.58. The van der Waals surface area contributed by atoms with Gasteiger partial charge < -0.3 is 29.8 Å². The van der Waals surface area contributed by atoms with Crippen molar-refractivity contribution in [2.24, 2.45) is 5.92 Å². The molecule has 0 unspecified atom stereocenters. The topological polar surface area (TPSA) is 185 Å². The Bertz CT molecular complexity index is 2280. The van der Waals surface area contributed by atoms with Gasteiger partial charge in [-0.2, -0.15) is 8.42 Å². The van der Waals surface area contributed by atoms with Crippen molar-refractivity contribution in [3.63, 3.8) is 0 Å². The number of aromatic nitrogens is 3. The molecule has 0 atom stereocenters. The lowest BCUT2D eigenvalue weighted by molar-refractivity contribution is 0.0612. The maximum absolute atomic E-state index is 13.8. The number of nitrogens with one attached hydrogen (secondary N) is 1. The van der Waals surface area contributed by atoms with Crippen molar-refractivity contribution in [2.45, 2.75) is 32.1 Å². The number of nitrogen functional groups attached to an aromatic ring is 1. The van der Waals surface area contributed by atoms with Crippen molar-refractivity contribution in [2.75, 3.05) is 38.5 Å². The molecule has 4 heterocycles. The molecule has 1 aliphatic heterocycles. The van der Waals surface area contributed by atoms with Gasteiger partial charge in [0.05, 0.1) is 19.9 Å². The molecule has 0 spiro atoms. The van der Waals surface area contributed by atoms with E-state index in [1.807, 2.05) is 35.8 Å². The van der Waals surface area contributed by atoms with Crippen LogP contribution in [0.1, 0.15) is 34.5 Å². The molecule has 6 rings (SSSR count). The van der Waals surface area contributed by atoms with Crippen molar-refractivity contribution in [1.29, 1.82) is 0 Å². The van der Waals surface area contributed by atoms with E-state index in [0.29, 0.717) is 59.4 Å². The SMILES string of the molecule is COc1ccc(-c2cnc(N)c(-c3ccc(NC(=O)c4cn(CC5CCOCC5)cc(-c5ccc(C)cc5)c4=O)nc3CS(=O)(=O)O)c2)cc1OC. The molecule has 270 valence electrons. The number of aryl methyl sites for hydroxylation is 1. The van der Waals surface area contributed by atoms with E-state index in [-0.39, 0.29) is 28.5 Å². The van der Waals surface area contributed by atoms with Gasteiger partial charge >= 0.3 is 0 Å². The van der Waals surface area contributed by atoms with E-state index in [4.69, 9.17) is 19.9 Å². The highest BCUT2D eigenvalue weighted by Gasteiger charge is 2.22. The Morgan fingerprint density at radius 1 is 0.942 bits per heavy atom. The fourth-order valence-corrected chi connectivity index (χ4v) is 6.78. The predicted octanol–water partition coefficient (Wildman–Crippen LogP) is 5.61. The third-order valence-electron chi connectivity index (χ3n) is 8.96. The lowest BCUT2D eigenvalue weighted by Crippen LogP contribution is -2.27. The number of anilines is 2. The summed E-state index contributed by atoms with van der Waals surface area (Å²) in [4.78, 5) is 36.4. The molecule has 13 nitrogen and oxygen atoms in total. The molecule has 4 N–H and O–H groups in total. The molecule has 3 aromatic heterocycles.